The average molecular weight is 1050 g/mol. The van der Waals surface area contributed by atoms with Crippen molar-refractivity contribution in [1.82, 2.24) is 40.1 Å². The third-order valence-electron chi connectivity index (χ3n) is 17.7. The number of pyridine rings is 1. The summed E-state index contributed by atoms with van der Waals surface area (Å²) in [6.45, 7) is 24.9. The van der Waals surface area contributed by atoms with Gasteiger partial charge >= 0.3 is 5.97 Å². The van der Waals surface area contributed by atoms with E-state index in [0.29, 0.717) is 51.5 Å². The van der Waals surface area contributed by atoms with E-state index in [1.54, 1.807) is 12.1 Å². The minimum absolute atomic E-state index is 0.0788. The van der Waals surface area contributed by atoms with Crippen LogP contribution in [0.4, 0.5) is 5.69 Å². The lowest BCUT2D eigenvalue weighted by Crippen LogP contribution is -2.64. The first-order chi connectivity index (χ1) is 36.0. The molecule has 8 atom stereocenters. The summed E-state index contributed by atoms with van der Waals surface area (Å²) in [7, 11) is 1.75. The lowest BCUT2D eigenvalue weighted by Gasteiger charge is -2.46. The zero-order valence-corrected chi connectivity index (χ0v) is 46.7. The van der Waals surface area contributed by atoms with Gasteiger partial charge in [0.05, 0.1) is 66.0 Å². The van der Waals surface area contributed by atoms with Crippen molar-refractivity contribution in [1.29, 1.82) is 0 Å². The van der Waals surface area contributed by atoms with Gasteiger partial charge in [-0.15, -0.1) is 11.3 Å². The minimum Gasteiger partial charge on any atom is -0.464 e. The molecule has 3 aromatic heterocycles. The van der Waals surface area contributed by atoms with Gasteiger partial charge in [0.1, 0.15) is 17.1 Å². The number of nitrogens with zero attached hydrogens (tertiary/aromatic N) is 7. The van der Waals surface area contributed by atoms with E-state index in [4.69, 9.17) is 28.9 Å². The largest absolute Gasteiger partial charge is 0.464 e. The molecule has 6 fully saturated rings. The van der Waals surface area contributed by atoms with Crippen LogP contribution in [0.15, 0.2) is 35.8 Å². The van der Waals surface area contributed by atoms with Crippen LogP contribution in [0, 0.1) is 29.1 Å². The Morgan fingerprint density at radius 1 is 0.987 bits per heavy atom. The molecule has 0 spiro atoms. The van der Waals surface area contributed by atoms with Crippen molar-refractivity contribution in [2.24, 2.45) is 29.1 Å². The Morgan fingerprint density at radius 3 is 2.47 bits per heavy atom. The number of hydrazine groups is 1. The molecule has 4 aromatic rings. The molecule has 11 rings (SSSR count). The predicted octanol–water partition coefficient (Wildman–Crippen LogP) is 7.79. The predicted molar refractivity (Wildman–Crippen MR) is 291 cm³/mol. The molecule has 7 aliphatic rings. The molecule has 4 saturated heterocycles. The summed E-state index contributed by atoms with van der Waals surface area (Å²) in [6, 6.07) is 7.58. The maximum absolute atomic E-state index is 15.1. The Hall–Kier alpha value is -4.49. The molecule has 2 saturated carbocycles. The topological polar surface area (TPSA) is 156 Å². The first kappa shape index (κ1) is 52.6. The van der Waals surface area contributed by atoms with Crippen LogP contribution < -0.4 is 15.6 Å². The first-order valence-electron chi connectivity index (χ1n) is 28.1. The molecule has 16 nitrogen and oxygen atoms in total. The number of esters is 1. The van der Waals surface area contributed by atoms with Gasteiger partial charge in [-0.2, -0.15) is 0 Å². The number of ether oxygens (including phenoxy) is 4. The number of cyclic esters (lactones) is 1. The summed E-state index contributed by atoms with van der Waals surface area (Å²) in [6.07, 6.45) is 7.78. The van der Waals surface area contributed by atoms with E-state index in [1.165, 1.54) is 24.2 Å². The number of carbonyl (C=O) groups excluding carboxylic acids is 3. The fourth-order valence-electron chi connectivity index (χ4n) is 12.9. The molecule has 2 aliphatic carbocycles. The molecule has 2 amide bonds. The Labute approximate surface area is 447 Å². The molecular weight excluding hydrogens is 967 g/mol. The van der Waals surface area contributed by atoms with Crippen LogP contribution in [0.3, 0.4) is 0 Å². The summed E-state index contributed by atoms with van der Waals surface area (Å²) < 4.78 is 27.8. The van der Waals surface area contributed by atoms with E-state index in [2.05, 4.69) is 115 Å². The second-order valence-corrected chi connectivity index (χ2v) is 25.5. The number of piperazine rings is 1. The van der Waals surface area contributed by atoms with E-state index in [9.17, 15) is 9.59 Å². The van der Waals surface area contributed by atoms with E-state index in [-0.39, 0.29) is 54.0 Å². The maximum atomic E-state index is 15.1. The lowest BCUT2D eigenvalue weighted by molar-refractivity contribution is -0.156. The third kappa shape index (κ3) is 10.9. The minimum atomic E-state index is -0.931. The van der Waals surface area contributed by atoms with Gasteiger partial charge in [-0.05, 0) is 101 Å². The van der Waals surface area contributed by atoms with Crippen LogP contribution in [0.5, 0.6) is 0 Å². The monoisotopic (exact) mass is 1050 g/mol. The average Bonchev–Trinajstić information content (AvgIpc) is 4.26. The van der Waals surface area contributed by atoms with Crippen molar-refractivity contribution in [2.75, 3.05) is 77.6 Å². The summed E-state index contributed by atoms with van der Waals surface area (Å²) >= 11 is 1.54. The SMILES string of the molecule is CO[C@@H](C)c1ncc(N2CCN(C3CC3)CC2)cc1-c1c2c3cc(ccc3n1CCO[C@H]1CCOC(C)(C)C1)-c1csc(n1)[C@@H](N1CC(C)C1)[C@H](NC(=O)C1[C@@H](C)[C@H]1C)C(=O)N1CCC[C@H](N1)C(=O)OCC(C)(C)C2. The number of thiazole rings is 1. The Kier molecular flexibility index (Phi) is 14.7. The standard InChI is InChI=1S/C58H81N9O7S/c1-34-30-65(31-34)52-50(61-53(68)48-35(2)36(48)3)55(69)67-17-10-11-45(62-67)56(70)73-33-57(5,6)28-44-42-25-38(46-32-75-54(52)60-46)12-15-47(42)66(22-24-72-41-16-23-74-58(7,8)27-41)51(44)43-26-40(29-59-49(43)37(4)71-9)64-20-18-63(19-21-64)39-13-14-39/h12,15,25-26,29,32,34-37,39,41,45,48,50,52,62H,10-11,13-14,16-24,27-28,30-31,33H2,1-9H3,(H,61,68)/t35-,36+,37-,41-,45-,48?,50-,52-/m0/s1. The smallest absolute Gasteiger partial charge is 0.324 e. The zero-order chi connectivity index (χ0) is 52.5. The molecule has 5 aliphatic heterocycles. The van der Waals surface area contributed by atoms with Crippen LogP contribution in [0.2, 0.25) is 0 Å². The third-order valence-corrected chi connectivity index (χ3v) is 18.6. The number of likely N-dealkylation sites (tertiary alicyclic amines) is 1. The van der Waals surface area contributed by atoms with Crippen molar-refractivity contribution in [3.05, 3.63) is 52.1 Å². The quantitative estimate of drug-likeness (QED) is 0.133. The highest BCUT2D eigenvalue weighted by Crippen LogP contribution is 2.47. The number of carbonyl (C=O) groups is 3. The summed E-state index contributed by atoms with van der Waals surface area (Å²) in [4.78, 5) is 61.7. The number of amides is 2. The van der Waals surface area contributed by atoms with E-state index in [0.717, 1.165) is 114 Å². The molecule has 6 bridgehead atoms. The molecule has 0 radical (unpaired) electrons. The van der Waals surface area contributed by atoms with Gasteiger partial charge in [-0.3, -0.25) is 34.2 Å². The van der Waals surface area contributed by atoms with Crippen molar-refractivity contribution in [2.45, 2.75) is 149 Å². The first-order valence-corrected chi connectivity index (χ1v) is 29.0. The van der Waals surface area contributed by atoms with Gasteiger partial charge in [0, 0.05) is 117 Å². The van der Waals surface area contributed by atoms with Crippen molar-refractivity contribution >= 4 is 45.7 Å². The summed E-state index contributed by atoms with van der Waals surface area (Å²) in [5, 5.41) is 8.81. The number of rotatable bonds is 12. The summed E-state index contributed by atoms with van der Waals surface area (Å²) in [5.74, 6) is -0.0461. The maximum Gasteiger partial charge on any atom is 0.324 e. The van der Waals surface area contributed by atoms with Crippen LogP contribution >= 0.6 is 11.3 Å². The number of anilines is 1. The number of benzene rings is 1. The fraction of sp³-hybridized carbons (Fsp3) is 0.672. The Morgan fingerprint density at radius 2 is 1.76 bits per heavy atom. The molecule has 75 heavy (non-hydrogen) atoms. The number of hydrogen-bond donors (Lipinski definition) is 2. The molecule has 1 aromatic carbocycles. The fourth-order valence-corrected chi connectivity index (χ4v) is 13.9. The number of aromatic nitrogens is 3. The van der Waals surface area contributed by atoms with E-state index >= 15 is 4.79 Å². The molecule has 1 unspecified atom stereocenters. The highest BCUT2D eigenvalue weighted by Gasteiger charge is 2.51. The van der Waals surface area contributed by atoms with Crippen LogP contribution in [-0.4, -0.2) is 150 Å². The van der Waals surface area contributed by atoms with Gasteiger partial charge in [0.2, 0.25) is 5.91 Å². The van der Waals surface area contributed by atoms with Gasteiger partial charge in [0.25, 0.3) is 5.91 Å². The van der Waals surface area contributed by atoms with Gasteiger partial charge in [-0.1, -0.05) is 40.7 Å². The zero-order valence-electron chi connectivity index (χ0n) is 45.9. The molecule has 2 N–H and O–H groups in total. The molecule has 17 heteroatoms. The van der Waals surface area contributed by atoms with Gasteiger partial charge in [0.15, 0.2) is 0 Å². The molecule has 406 valence electrons. The lowest BCUT2D eigenvalue weighted by atomic mass is 9.84. The Bertz CT molecular complexity index is 2750. The highest BCUT2D eigenvalue weighted by atomic mass is 32.1. The van der Waals surface area contributed by atoms with Crippen molar-refractivity contribution < 1.29 is 33.3 Å². The van der Waals surface area contributed by atoms with Gasteiger partial charge in [-0.25, -0.2) is 10.4 Å². The van der Waals surface area contributed by atoms with Crippen LogP contribution in [0.25, 0.3) is 33.4 Å². The highest BCUT2D eigenvalue weighted by molar-refractivity contribution is 7.10. The number of fused-ring (bicyclic) bond motifs is 6. The van der Waals surface area contributed by atoms with E-state index < -0.39 is 29.5 Å². The summed E-state index contributed by atoms with van der Waals surface area (Å²) in [5.41, 5.74) is 10.5. The second-order valence-electron chi connectivity index (χ2n) is 24.6. The van der Waals surface area contributed by atoms with Crippen LogP contribution in [-0.2, 0) is 46.3 Å². The number of methoxy groups -OCH3 is 1. The number of hydrogen-bond acceptors (Lipinski definition) is 14. The number of nitrogens with one attached hydrogen (secondary N) is 2. The van der Waals surface area contributed by atoms with Gasteiger partial charge < -0.3 is 33.7 Å². The molecule has 8 heterocycles. The second kappa shape index (κ2) is 21.0. The van der Waals surface area contributed by atoms with Crippen LogP contribution in [0.1, 0.15) is 122 Å². The molecular formula is C58H81N9O7S. The normalized spacial score (nSPS) is 29.2. The van der Waals surface area contributed by atoms with E-state index in [1.807, 2.05) is 6.20 Å². The van der Waals surface area contributed by atoms with Crippen molar-refractivity contribution in [3.8, 4) is 22.5 Å². The Balaban J connectivity index is 1.06. The van der Waals surface area contributed by atoms with Crippen molar-refractivity contribution in [3.63, 3.8) is 0 Å².